The van der Waals surface area contributed by atoms with Crippen LogP contribution in [-0.2, 0) is 4.74 Å². The Kier molecular flexibility index (Phi) is 3.00. The van der Waals surface area contributed by atoms with Crippen LogP contribution in [0.3, 0.4) is 0 Å². The number of thiazole rings is 1. The van der Waals surface area contributed by atoms with E-state index in [2.05, 4.69) is 4.98 Å². The van der Waals surface area contributed by atoms with Crippen molar-refractivity contribution in [2.24, 2.45) is 5.73 Å². The van der Waals surface area contributed by atoms with Crippen molar-refractivity contribution in [3.05, 3.63) is 11.1 Å². The first kappa shape index (κ1) is 9.89. The first-order chi connectivity index (χ1) is 6.81. The summed E-state index contributed by atoms with van der Waals surface area (Å²) in [5.41, 5.74) is 6.91. The maximum Gasteiger partial charge on any atom is 0.273 e. The molecule has 0 aromatic carbocycles. The van der Waals surface area contributed by atoms with Gasteiger partial charge in [0.05, 0.1) is 24.9 Å². The quantitative estimate of drug-likeness (QED) is 0.824. The molecule has 4 nitrogen and oxygen atoms in total. The molecular formula is C9H14N2O2S. The lowest BCUT2D eigenvalue weighted by Crippen LogP contribution is -2.25. The van der Waals surface area contributed by atoms with E-state index in [0.717, 1.165) is 25.1 Å². The lowest BCUT2D eigenvalue weighted by Gasteiger charge is -2.15. The number of nitrogens with zero attached hydrogens (tertiary/aromatic N) is 1. The van der Waals surface area contributed by atoms with E-state index < -0.39 is 0 Å². The molecule has 0 spiro atoms. The van der Waals surface area contributed by atoms with Crippen molar-refractivity contribution in [2.75, 3.05) is 13.7 Å². The van der Waals surface area contributed by atoms with Crippen molar-refractivity contribution in [2.45, 2.75) is 25.0 Å². The minimum Gasteiger partial charge on any atom is -0.473 e. The Morgan fingerprint density at radius 2 is 2.64 bits per heavy atom. The molecule has 2 N–H and O–H groups in total. The van der Waals surface area contributed by atoms with Crippen molar-refractivity contribution in [3.8, 4) is 5.19 Å². The van der Waals surface area contributed by atoms with Crippen LogP contribution in [0.15, 0.2) is 5.38 Å². The number of aromatic nitrogens is 1. The molecule has 0 saturated carbocycles. The van der Waals surface area contributed by atoms with Gasteiger partial charge in [-0.3, -0.25) is 0 Å². The Hall–Kier alpha value is -0.650. The van der Waals surface area contributed by atoms with Gasteiger partial charge in [-0.2, -0.15) is 0 Å². The van der Waals surface area contributed by atoms with Crippen LogP contribution < -0.4 is 10.5 Å². The fourth-order valence-electron chi connectivity index (χ4n) is 1.59. The molecule has 1 fully saturated rings. The standard InChI is InChI=1S/C9H14N2O2S/c1-12-9-11-6(5-14-9)8(10)7-3-2-4-13-7/h5,7-8H,2-4,10H2,1H3. The van der Waals surface area contributed by atoms with Crippen LogP contribution >= 0.6 is 11.3 Å². The highest BCUT2D eigenvalue weighted by Gasteiger charge is 2.25. The average Bonchev–Trinajstić information content (AvgIpc) is 2.88. The van der Waals surface area contributed by atoms with E-state index in [0.29, 0.717) is 5.19 Å². The second-order valence-electron chi connectivity index (χ2n) is 3.32. The number of ether oxygens (including phenoxy) is 2. The number of nitrogens with two attached hydrogens (primary N) is 1. The SMILES string of the molecule is COc1nc(C(N)C2CCCO2)cs1. The van der Waals surface area contributed by atoms with Gasteiger partial charge in [-0.05, 0) is 12.8 Å². The molecule has 2 atom stereocenters. The number of hydrogen-bond acceptors (Lipinski definition) is 5. The van der Waals surface area contributed by atoms with E-state index >= 15 is 0 Å². The van der Waals surface area contributed by atoms with Crippen LogP contribution in [-0.4, -0.2) is 24.8 Å². The van der Waals surface area contributed by atoms with Crippen molar-refractivity contribution in [3.63, 3.8) is 0 Å². The van der Waals surface area contributed by atoms with Crippen LogP contribution in [0.4, 0.5) is 0 Å². The highest BCUT2D eigenvalue weighted by Crippen LogP contribution is 2.27. The molecule has 0 aliphatic carbocycles. The summed E-state index contributed by atoms with van der Waals surface area (Å²) in [5, 5.41) is 2.60. The third-order valence-electron chi connectivity index (χ3n) is 2.38. The average molecular weight is 214 g/mol. The molecule has 5 heteroatoms. The molecule has 1 aliphatic rings. The topological polar surface area (TPSA) is 57.4 Å². The summed E-state index contributed by atoms with van der Waals surface area (Å²) in [6.45, 7) is 0.819. The lowest BCUT2D eigenvalue weighted by molar-refractivity contribution is 0.0890. The Balaban J connectivity index is 2.05. The van der Waals surface area contributed by atoms with Crippen LogP contribution in [0.5, 0.6) is 5.19 Å². The molecule has 14 heavy (non-hydrogen) atoms. The second kappa shape index (κ2) is 4.25. The van der Waals surface area contributed by atoms with Crippen molar-refractivity contribution < 1.29 is 9.47 Å². The molecule has 0 amide bonds. The molecular weight excluding hydrogens is 200 g/mol. The predicted molar refractivity (Wildman–Crippen MR) is 54.6 cm³/mol. The fraction of sp³-hybridized carbons (Fsp3) is 0.667. The van der Waals surface area contributed by atoms with Gasteiger partial charge in [-0.25, -0.2) is 4.98 Å². The Morgan fingerprint density at radius 1 is 1.79 bits per heavy atom. The van der Waals surface area contributed by atoms with Gasteiger partial charge in [0.1, 0.15) is 0 Å². The molecule has 1 saturated heterocycles. The maximum atomic E-state index is 6.03. The van der Waals surface area contributed by atoms with Crippen molar-refractivity contribution in [1.29, 1.82) is 0 Å². The van der Waals surface area contributed by atoms with Gasteiger partial charge in [-0.1, -0.05) is 11.3 Å². The zero-order chi connectivity index (χ0) is 9.97. The van der Waals surface area contributed by atoms with E-state index in [4.69, 9.17) is 15.2 Å². The zero-order valence-corrected chi connectivity index (χ0v) is 8.92. The van der Waals surface area contributed by atoms with E-state index in [9.17, 15) is 0 Å². The first-order valence-corrected chi connectivity index (χ1v) is 5.56. The van der Waals surface area contributed by atoms with Crippen LogP contribution in [0, 0.1) is 0 Å². The highest BCUT2D eigenvalue weighted by atomic mass is 32.1. The van der Waals surface area contributed by atoms with Gasteiger partial charge in [0.15, 0.2) is 0 Å². The maximum absolute atomic E-state index is 6.03. The van der Waals surface area contributed by atoms with E-state index in [1.54, 1.807) is 7.11 Å². The van der Waals surface area contributed by atoms with Crippen molar-refractivity contribution in [1.82, 2.24) is 4.98 Å². The van der Waals surface area contributed by atoms with Gasteiger partial charge >= 0.3 is 0 Å². The molecule has 0 radical (unpaired) electrons. The highest BCUT2D eigenvalue weighted by molar-refractivity contribution is 7.11. The largest absolute Gasteiger partial charge is 0.473 e. The van der Waals surface area contributed by atoms with Gasteiger partial charge in [0.2, 0.25) is 0 Å². The summed E-state index contributed by atoms with van der Waals surface area (Å²) in [4.78, 5) is 4.26. The van der Waals surface area contributed by atoms with Gasteiger partial charge in [0.25, 0.3) is 5.19 Å². The first-order valence-electron chi connectivity index (χ1n) is 4.68. The van der Waals surface area contributed by atoms with E-state index in [-0.39, 0.29) is 12.1 Å². The summed E-state index contributed by atoms with van der Waals surface area (Å²) >= 11 is 1.47. The van der Waals surface area contributed by atoms with Crippen molar-refractivity contribution >= 4 is 11.3 Å². The van der Waals surface area contributed by atoms with Crippen LogP contribution in [0.1, 0.15) is 24.6 Å². The number of rotatable bonds is 3. The Bertz CT molecular complexity index is 297. The number of hydrogen-bond donors (Lipinski definition) is 1. The Morgan fingerprint density at radius 3 is 3.21 bits per heavy atom. The zero-order valence-electron chi connectivity index (χ0n) is 8.10. The minimum absolute atomic E-state index is 0.113. The number of methoxy groups -OCH3 is 1. The molecule has 2 rings (SSSR count). The van der Waals surface area contributed by atoms with E-state index in [1.807, 2.05) is 5.38 Å². The second-order valence-corrected chi connectivity index (χ2v) is 4.14. The monoisotopic (exact) mass is 214 g/mol. The molecule has 78 valence electrons. The predicted octanol–water partition coefficient (Wildman–Crippen LogP) is 1.33. The van der Waals surface area contributed by atoms with Gasteiger partial charge < -0.3 is 15.2 Å². The summed E-state index contributed by atoms with van der Waals surface area (Å²) in [6.07, 6.45) is 2.25. The molecule has 1 aromatic rings. The normalized spacial score (nSPS) is 23.7. The van der Waals surface area contributed by atoms with Crippen LogP contribution in [0.25, 0.3) is 0 Å². The molecule has 0 bridgehead atoms. The smallest absolute Gasteiger partial charge is 0.273 e. The summed E-state index contributed by atoms with van der Waals surface area (Å²) < 4.78 is 10.5. The van der Waals surface area contributed by atoms with Gasteiger partial charge in [0, 0.05) is 12.0 Å². The van der Waals surface area contributed by atoms with Gasteiger partial charge in [-0.15, -0.1) is 0 Å². The molecule has 1 aliphatic heterocycles. The lowest BCUT2D eigenvalue weighted by atomic mass is 10.1. The fourth-order valence-corrected chi connectivity index (χ4v) is 2.28. The molecule has 2 unspecified atom stereocenters. The molecule has 1 aromatic heterocycles. The third-order valence-corrected chi connectivity index (χ3v) is 3.20. The van der Waals surface area contributed by atoms with E-state index in [1.165, 1.54) is 11.3 Å². The minimum atomic E-state index is -0.113. The Labute approximate surface area is 87.0 Å². The summed E-state index contributed by atoms with van der Waals surface area (Å²) in [5.74, 6) is 0. The summed E-state index contributed by atoms with van der Waals surface area (Å²) in [7, 11) is 1.61. The summed E-state index contributed by atoms with van der Waals surface area (Å²) in [6, 6.07) is -0.113. The third kappa shape index (κ3) is 1.89. The van der Waals surface area contributed by atoms with Crippen LogP contribution in [0.2, 0.25) is 0 Å². The molecule has 2 heterocycles.